The van der Waals surface area contributed by atoms with E-state index in [-0.39, 0.29) is 25.4 Å². The Balaban J connectivity index is 0.000000451. The molecule has 0 fully saturated rings. The highest BCUT2D eigenvalue weighted by Crippen LogP contribution is 2.32. The van der Waals surface area contributed by atoms with Gasteiger partial charge in [0.25, 0.3) is 12.9 Å². The fourth-order valence-electron chi connectivity index (χ4n) is 3.91. The Bertz CT molecular complexity index is 1650. The van der Waals surface area contributed by atoms with E-state index in [1.807, 2.05) is 0 Å². The summed E-state index contributed by atoms with van der Waals surface area (Å²) in [4.78, 5) is 7.33. The van der Waals surface area contributed by atoms with E-state index in [0.29, 0.717) is 44.6 Å². The van der Waals surface area contributed by atoms with Gasteiger partial charge in [0.15, 0.2) is 0 Å². The molecule has 0 aliphatic rings. The van der Waals surface area contributed by atoms with Gasteiger partial charge in [-0.1, -0.05) is 27.0 Å². The van der Waals surface area contributed by atoms with E-state index in [0.717, 1.165) is 22.0 Å². The van der Waals surface area contributed by atoms with Gasteiger partial charge in [0, 0.05) is 9.79 Å². The molecule has 47 heavy (non-hydrogen) atoms. The molecule has 2 heterocycles. The normalized spacial score (nSPS) is 12.3. The van der Waals surface area contributed by atoms with Gasteiger partial charge in [-0.2, -0.15) is 26.3 Å². The molecule has 262 valence electrons. The first-order valence-corrected chi connectivity index (χ1v) is 14.8. The number of alkyl halides is 10. The molecule has 0 aliphatic carbocycles. The van der Waals surface area contributed by atoms with Crippen LogP contribution in [0.15, 0.2) is 46.7 Å². The molecule has 0 amide bonds. The molecule has 1 atom stereocenters. The van der Waals surface area contributed by atoms with Crippen LogP contribution in [0.1, 0.15) is 61.6 Å². The fraction of sp³-hybridized carbons (Fsp3) is 0.429. The molecule has 0 N–H and O–H groups in total. The van der Waals surface area contributed by atoms with Crippen LogP contribution in [0.25, 0.3) is 11.4 Å². The summed E-state index contributed by atoms with van der Waals surface area (Å²) in [6.45, 7) is 6.60. The van der Waals surface area contributed by atoms with Gasteiger partial charge in [-0.3, -0.25) is 4.21 Å². The number of aromatic nitrogens is 6. The highest BCUT2D eigenvalue weighted by molar-refractivity contribution is 7.99. The van der Waals surface area contributed by atoms with Crippen molar-refractivity contribution in [2.45, 2.75) is 77.5 Å². The molecule has 19 heteroatoms. The second-order valence-electron chi connectivity index (χ2n) is 9.51. The van der Waals surface area contributed by atoms with Crippen LogP contribution in [0.4, 0.5) is 43.9 Å². The summed E-state index contributed by atoms with van der Waals surface area (Å²) in [6, 6.07) is 5.99. The van der Waals surface area contributed by atoms with E-state index < -0.39 is 59.2 Å². The summed E-state index contributed by atoms with van der Waals surface area (Å²) in [7, 11) is -2.29. The molecule has 2 aromatic carbocycles. The molecule has 2 aromatic heterocycles. The smallest absolute Gasteiger partial charge is 0.254 e. The van der Waals surface area contributed by atoms with Crippen LogP contribution >= 0.6 is 11.8 Å². The van der Waals surface area contributed by atoms with Crippen LogP contribution < -0.4 is 0 Å². The predicted octanol–water partition coefficient (Wildman–Crippen LogP) is 9.24. The Morgan fingerprint density at radius 1 is 0.702 bits per heavy atom. The maximum absolute atomic E-state index is 12.5. The Labute approximate surface area is 271 Å². The van der Waals surface area contributed by atoms with Crippen LogP contribution in [-0.2, 0) is 10.8 Å². The third-order valence-corrected chi connectivity index (χ3v) is 8.56. The number of thioether (sulfide) groups is 1. The predicted molar refractivity (Wildman–Crippen MR) is 159 cm³/mol. The van der Waals surface area contributed by atoms with Crippen molar-refractivity contribution in [1.29, 1.82) is 0 Å². The zero-order chi connectivity index (χ0) is 33.9. The molecule has 0 bridgehead atoms. The molecule has 0 aliphatic heterocycles. The summed E-state index contributed by atoms with van der Waals surface area (Å²) in [5, 5.41) is 7.22. The van der Waals surface area contributed by atoms with Gasteiger partial charge in [-0.05, 0) is 62.1 Å². The Morgan fingerprint density at radius 2 is 1.15 bits per heavy atom. The lowest BCUT2D eigenvalue weighted by atomic mass is 10.1. The second-order valence-corrected chi connectivity index (χ2v) is 12.0. The molecule has 4 aromatic rings. The van der Waals surface area contributed by atoms with Crippen molar-refractivity contribution in [3.05, 3.63) is 70.8 Å². The number of hydrogen-bond acceptors (Lipinski definition) is 6. The highest BCUT2D eigenvalue weighted by Gasteiger charge is 2.32. The monoisotopic (exact) mass is 722 g/mol. The maximum Gasteiger partial charge on any atom is 0.400 e. The van der Waals surface area contributed by atoms with Crippen molar-refractivity contribution in [1.82, 2.24) is 29.5 Å². The lowest BCUT2D eigenvalue weighted by Crippen LogP contribution is -2.19. The molecular formula is C28H32F10N6OS2. The van der Waals surface area contributed by atoms with Gasteiger partial charge in [0.05, 0.1) is 27.9 Å². The lowest BCUT2D eigenvalue weighted by Gasteiger charge is -2.13. The minimum absolute atomic E-state index is 0. The van der Waals surface area contributed by atoms with Gasteiger partial charge in [-0.15, -0.1) is 22.0 Å². The van der Waals surface area contributed by atoms with E-state index in [1.165, 1.54) is 25.1 Å². The third-order valence-electron chi connectivity index (χ3n) is 5.82. The molecular weight excluding hydrogens is 690 g/mol. The SMILES string of the molecule is C.C.Cc1cc(C)c(-n2cnc(C(F)F)n2)cc1SCC(F)(F)F.Cc1cc(C)c(S(=O)CC(F)(F)F)cc1-n1cnc(C(F)F)n1. The van der Waals surface area contributed by atoms with E-state index >= 15 is 0 Å². The van der Waals surface area contributed by atoms with Gasteiger partial charge >= 0.3 is 12.4 Å². The zero-order valence-corrected chi connectivity index (χ0v) is 25.4. The summed E-state index contributed by atoms with van der Waals surface area (Å²) in [5.41, 5.74) is 3.07. The number of rotatable bonds is 8. The van der Waals surface area contributed by atoms with E-state index in [1.54, 1.807) is 26.8 Å². The Kier molecular flexibility index (Phi) is 14.6. The molecule has 0 saturated carbocycles. The van der Waals surface area contributed by atoms with Crippen molar-refractivity contribution in [3.8, 4) is 11.4 Å². The topological polar surface area (TPSA) is 78.5 Å². The first-order chi connectivity index (χ1) is 20.8. The van der Waals surface area contributed by atoms with Crippen LogP contribution in [-0.4, -0.2) is 57.6 Å². The summed E-state index contributed by atoms with van der Waals surface area (Å²) >= 11 is 0.650. The minimum atomic E-state index is -4.57. The number of hydrogen-bond donors (Lipinski definition) is 0. The number of aryl methyl sites for hydroxylation is 4. The van der Waals surface area contributed by atoms with Crippen LogP contribution in [0.5, 0.6) is 0 Å². The second kappa shape index (κ2) is 16.6. The Morgan fingerprint density at radius 3 is 1.55 bits per heavy atom. The van der Waals surface area contributed by atoms with Gasteiger partial charge in [0.1, 0.15) is 18.4 Å². The van der Waals surface area contributed by atoms with E-state index in [9.17, 15) is 48.1 Å². The van der Waals surface area contributed by atoms with Crippen molar-refractivity contribution in [2.75, 3.05) is 11.5 Å². The first kappa shape index (κ1) is 41.5. The molecule has 4 rings (SSSR count). The third kappa shape index (κ3) is 11.6. The van der Waals surface area contributed by atoms with Crippen molar-refractivity contribution >= 4 is 22.6 Å². The summed E-state index contributed by atoms with van der Waals surface area (Å²) in [6.07, 6.45) is -12.4. The maximum atomic E-state index is 12.5. The largest absolute Gasteiger partial charge is 0.400 e. The van der Waals surface area contributed by atoms with Gasteiger partial charge < -0.3 is 0 Å². The fourth-order valence-corrected chi connectivity index (χ4v) is 5.82. The van der Waals surface area contributed by atoms with E-state index in [4.69, 9.17) is 0 Å². The van der Waals surface area contributed by atoms with Crippen molar-refractivity contribution in [3.63, 3.8) is 0 Å². The molecule has 7 nitrogen and oxygen atoms in total. The minimum Gasteiger partial charge on any atom is -0.254 e. The first-order valence-electron chi connectivity index (χ1n) is 12.5. The van der Waals surface area contributed by atoms with Crippen molar-refractivity contribution < 1.29 is 48.1 Å². The lowest BCUT2D eigenvalue weighted by molar-refractivity contribution is -0.106. The van der Waals surface area contributed by atoms with Crippen molar-refractivity contribution in [2.24, 2.45) is 0 Å². The van der Waals surface area contributed by atoms with Gasteiger partial charge in [0.2, 0.25) is 11.6 Å². The number of halogens is 10. The average Bonchev–Trinajstić information content (AvgIpc) is 3.58. The van der Waals surface area contributed by atoms with Gasteiger partial charge in [-0.25, -0.2) is 36.9 Å². The molecule has 0 radical (unpaired) electrons. The molecule has 0 spiro atoms. The number of benzene rings is 2. The molecule has 0 saturated heterocycles. The Hall–Kier alpha value is -3.48. The van der Waals surface area contributed by atoms with Crippen LogP contribution in [0.2, 0.25) is 0 Å². The summed E-state index contributed by atoms with van der Waals surface area (Å²) in [5.74, 6) is -3.81. The van der Waals surface area contributed by atoms with Crippen LogP contribution in [0.3, 0.4) is 0 Å². The zero-order valence-electron chi connectivity index (χ0n) is 23.7. The highest BCUT2D eigenvalue weighted by atomic mass is 32.2. The summed E-state index contributed by atoms with van der Waals surface area (Å²) < 4.78 is 138. The quantitative estimate of drug-likeness (QED) is 0.133. The standard InChI is InChI=1S/C13H12F5N3OS.C13H12F5N3S.2CH4/c1-7-3-8(2)10(23(22)5-13(16,17)18)4-9(7)21-6-19-12(20-21)11(14)15;1-7-3-8(2)10(22-5-13(16,17)18)4-9(7)21-6-19-12(20-21)11(14)15;;/h3-4,6,11H,5H2,1-2H3;3-4,6,11H,5H2,1-2H3;2*1H4. The number of nitrogens with zero attached hydrogens (tertiary/aromatic N) is 6. The van der Waals surface area contributed by atoms with Crippen LogP contribution in [0, 0.1) is 27.7 Å². The molecule has 1 unspecified atom stereocenters. The van der Waals surface area contributed by atoms with E-state index in [2.05, 4.69) is 20.2 Å². The average molecular weight is 723 g/mol.